The molecule has 0 saturated carbocycles. The molecule has 1 N–H and O–H groups in total. The maximum atomic E-state index is 12.6. The molecule has 0 fully saturated rings. The van der Waals surface area contributed by atoms with E-state index in [0.717, 1.165) is 6.07 Å². The topological polar surface area (TPSA) is 46.5 Å². The van der Waals surface area contributed by atoms with Gasteiger partial charge in [0, 0.05) is 5.92 Å². The number of rotatable bonds is 4. The Balaban J connectivity index is 3.06. The zero-order valence-corrected chi connectivity index (χ0v) is 10.9. The van der Waals surface area contributed by atoms with Crippen LogP contribution in [0.1, 0.15) is 19.4 Å². The molecule has 1 rings (SSSR count). The largest absolute Gasteiger partial charge is 0.478 e. The van der Waals surface area contributed by atoms with E-state index in [9.17, 15) is 18.0 Å². The number of alkyl halides is 3. The van der Waals surface area contributed by atoms with E-state index in [0.29, 0.717) is 6.07 Å². The lowest BCUT2D eigenvalue weighted by molar-refractivity contribution is -0.147. The zero-order valence-electron chi connectivity index (χ0n) is 10.2. The van der Waals surface area contributed by atoms with E-state index in [2.05, 4.69) is 0 Å². The Labute approximate surface area is 112 Å². The summed E-state index contributed by atoms with van der Waals surface area (Å²) in [5.41, 5.74) is -1.06. The zero-order chi connectivity index (χ0) is 14.8. The molecule has 1 unspecified atom stereocenters. The summed E-state index contributed by atoms with van der Waals surface area (Å²) in [5.74, 6) is -1.81. The number of carboxylic acids is 1. The van der Waals surface area contributed by atoms with Crippen molar-refractivity contribution in [3.8, 4) is 5.75 Å². The Kier molecular flexibility index (Phi) is 4.68. The molecule has 1 aromatic carbocycles. The lowest BCUT2D eigenvalue weighted by Crippen LogP contribution is -2.32. The summed E-state index contributed by atoms with van der Waals surface area (Å²) in [4.78, 5) is 10.9. The molecular formula is C12H12ClF3O3. The number of benzene rings is 1. The van der Waals surface area contributed by atoms with Crippen LogP contribution in [-0.4, -0.2) is 17.2 Å². The number of ether oxygens (including phenoxy) is 1. The van der Waals surface area contributed by atoms with Gasteiger partial charge >= 0.3 is 12.1 Å². The first kappa shape index (κ1) is 15.6. The van der Waals surface area contributed by atoms with Gasteiger partial charge in [-0.1, -0.05) is 25.4 Å². The maximum Gasteiger partial charge on any atom is 0.417 e. The van der Waals surface area contributed by atoms with Crippen molar-refractivity contribution in [1.29, 1.82) is 0 Å². The summed E-state index contributed by atoms with van der Waals surface area (Å²) in [6.45, 7) is 3.19. The molecule has 106 valence electrons. The molecule has 0 spiro atoms. The van der Waals surface area contributed by atoms with Gasteiger partial charge in [-0.3, -0.25) is 0 Å². The molecule has 0 aromatic heterocycles. The first-order chi connectivity index (χ1) is 8.62. The van der Waals surface area contributed by atoms with Crippen molar-refractivity contribution >= 4 is 17.6 Å². The normalized spacial score (nSPS) is 13.4. The number of hydrogen-bond donors (Lipinski definition) is 1. The molecule has 1 atom stereocenters. The Morgan fingerprint density at radius 3 is 2.37 bits per heavy atom. The highest BCUT2D eigenvalue weighted by Crippen LogP contribution is 2.37. The first-order valence-corrected chi connectivity index (χ1v) is 5.77. The minimum Gasteiger partial charge on any atom is -0.478 e. The van der Waals surface area contributed by atoms with E-state index in [1.165, 1.54) is 6.07 Å². The predicted molar refractivity (Wildman–Crippen MR) is 63.3 cm³/mol. The van der Waals surface area contributed by atoms with Crippen molar-refractivity contribution in [1.82, 2.24) is 0 Å². The minimum atomic E-state index is -4.62. The second-order valence-corrected chi connectivity index (χ2v) is 4.67. The molecule has 0 aliphatic heterocycles. The molecule has 19 heavy (non-hydrogen) atoms. The van der Waals surface area contributed by atoms with Crippen LogP contribution in [0.25, 0.3) is 0 Å². The van der Waals surface area contributed by atoms with E-state index < -0.39 is 28.8 Å². The molecule has 0 aliphatic rings. The van der Waals surface area contributed by atoms with Crippen molar-refractivity contribution in [2.75, 3.05) is 0 Å². The third-order valence-electron chi connectivity index (χ3n) is 2.36. The van der Waals surface area contributed by atoms with Gasteiger partial charge in [0.2, 0.25) is 0 Å². The van der Waals surface area contributed by atoms with Crippen molar-refractivity contribution in [2.24, 2.45) is 5.92 Å². The van der Waals surface area contributed by atoms with Crippen molar-refractivity contribution < 1.29 is 27.8 Å². The molecule has 0 radical (unpaired) electrons. The van der Waals surface area contributed by atoms with Crippen LogP contribution in [-0.2, 0) is 11.0 Å². The smallest absolute Gasteiger partial charge is 0.417 e. The van der Waals surface area contributed by atoms with Crippen molar-refractivity contribution in [3.05, 3.63) is 28.8 Å². The van der Waals surface area contributed by atoms with E-state index >= 15 is 0 Å². The summed E-state index contributed by atoms with van der Waals surface area (Å²) >= 11 is 5.45. The molecule has 0 aliphatic carbocycles. The lowest BCUT2D eigenvalue weighted by Gasteiger charge is -2.19. The van der Waals surface area contributed by atoms with Gasteiger partial charge in [-0.05, 0) is 18.2 Å². The van der Waals surface area contributed by atoms with E-state index in [1.54, 1.807) is 13.8 Å². The first-order valence-electron chi connectivity index (χ1n) is 5.39. The van der Waals surface area contributed by atoms with E-state index in [1.807, 2.05) is 0 Å². The minimum absolute atomic E-state index is 0.183. The highest BCUT2D eigenvalue weighted by molar-refractivity contribution is 6.31. The van der Waals surface area contributed by atoms with Crippen LogP contribution in [0.3, 0.4) is 0 Å². The van der Waals surface area contributed by atoms with Crippen LogP contribution in [0.5, 0.6) is 5.75 Å². The quantitative estimate of drug-likeness (QED) is 0.918. The Morgan fingerprint density at radius 2 is 1.95 bits per heavy atom. The van der Waals surface area contributed by atoms with Gasteiger partial charge in [0.25, 0.3) is 0 Å². The molecule has 0 saturated heterocycles. The monoisotopic (exact) mass is 296 g/mol. The Bertz CT molecular complexity index is 472. The summed E-state index contributed by atoms with van der Waals surface area (Å²) in [6.07, 6.45) is -5.84. The molecule has 0 amide bonds. The van der Waals surface area contributed by atoms with Crippen LogP contribution >= 0.6 is 11.6 Å². The predicted octanol–water partition coefficient (Wildman–Crippen LogP) is 3.85. The number of carbonyl (C=O) groups is 1. The van der Waals surface area contributed by atoms with Crippen molar-refractivity contribution in [3.63, 3.8) is 0 Å². The lowest BCUT2D eigenvalue weighted by atomic mass is 10.1. The number of aliphatic carboxylic acids is 1. The average Bonchev–Trinajstić information content (AvgIpc) is 2.25. The number of hydrogen-bond acceptors (Lipinski definition) is 2. The van der Waals surface area contributed by atoms with Gasteiger partial charge < -0.3 is 9.84 Å². The van der Waals surface area contributed by atoms with Crippen LogP contribution in [0.2, 0.25) is 5.02 Å². The van der Waals surface area contributed by atoms with Crippen LogP contribution in [0.15, 0.2) is 18.2 Å². The van der Waals surface area contributed by atoms with Crippen LogP contribution < -0.4 is 4.74 Å². The van der Waals surface area contributed by atoms with Gasteiger partial charge in [0.1, 0.15) is 5.75 Å². The summed E-state index contributed by atoms with van der Waals surface area (Å²) in [6, 6.07) is 2.93. The standard InChI is InChI=1S/C12H12ClF3O3/c1-6(2)10(11(17)18)19-7-3-4-9(13)8(5-7)12(14,15)16/h3-6,10H,1-2H3,(H,17,18). The summed E-state index contributed by atoms with van der Waals surface area (Å²) in [5, 5.41) is 8.45. The molecule has 3 nitrogen and oxygen atoms in total. The van der Waals surface area contributed by atoms with E-state index in [-0.39, 0.29) is 11.7 Å². The second-order valence-electron chi connectivity index (χ2n) is 4.26. The van der Waals surface area contributed by atoms with Gasteiger partial charge in [-0.2, -0.15) is 13.2 Å². The molecule has 0 heterocycles. The van der Waals surface area contributed by atoms with Gasteiger partial charge in [0.15, 0.2) is 6.10 Å². The van der Waals surface area contributed by atoms with Gasteiger partial charge in [-0.15, -0.1) is 0 Å². The fourth-order valence-electron chi connectivity index (χ4n) is 1.41. The summed E-state index contributed by atoms with van der Waals surface area (Å²) < 4.78 is 43.0. The van der Waals surface area contributed by atoms with Crippen molar-refractivity contribution in [2.45, 2.75) is 26.1 Å². The highest BCUT2D eigenvalue weighted by Gasteiger charge is 2.34. The fraction of sp³-hybridized carbons (Fsp3) is 0.417. The third-order valence-corrected chi connectivity index (χ3v) is 2.68. The van der Waals surface area contributed by atoms with Crippen LogP contribution in [0, 0.1) is 5.92 Å². The van der Waals surface area contributed by atoms with Crippen LogP contribution in [0.4, 0.5) is 13.2 Å². The summed E-state index contributed by atoms with van der Waals surface area (Å²) in [7, 11) is 0. The van der Waals surface area contributed by atoms with Gasteiger partial charge in [-0.25, -0.2) is 4.79 Å². The SMILES string of the molecule is CC(C)C(Oc1ccc(Cl)c(C(F)(F)F)c1)C(=O)O. The second kappa shape index (κ2) is 5.69. The highest BCUT2D eigenvalue weighted by atomic mass is 35.5. The van der Waals surface area contributed by atoms with E-state index in [4.69, 9.17) is 21.4 Å². The fourth-order valence-corrected chi connectivity index (χ4v) is 1.64. The Hall–Kier alpha value is -1.43. The number of carboxylic acid groups (broad SMARTS) is 1. The molecule has 1 aromatic rings. The Morgan fingerprint density at radius 1 is 1.37 bits per heavy atom. The average molecular weight is 297 g/mol. The molecule has 7 heteroatoms. The van der Waals surface area contributed by atoms with Gasteiger partial charge in [0.05, 0.1) is 10.6 Å². The molecular weight excluding hydrogens is 285 g/mol. The third kappa shape index (κ3) is 4.02. The molecule has 0 bridgehead atoms. The maximum absolute atomic E-state index is 12.6. The number of halogens is 4.